The third-order valence-corrected chi connectivity index (χ3v) is 5.95. The van der Waals surface area contributed by atoms with Crippen LogP contribution in [0.4, 0.5) is 8.78 Å². The Morgan fingerprint density at radius 3 is 2.58 bits per heavy atom. The van der Waals surface area contributed by atoms with Gasteiger partial charge in [0.2, 0.25) is 5.65 Å². The number of nitrogens with two attached hydrogens (primary N) is 1. The Hall–Kier alpha value is -2.87. The van der Waals surface area contributed by atoms with E-state index in [0.29, 0.717) is 41.5 Å². The highest BCUT2D eigenvalue weighted by Crippen LogP contribution is 2.40. The van der Waals surface area contributed by atoms with E-state index in [-0.39, 0.29) is 29.4 Å². The Kier molecular flexibility index (Phi) is 5.51. The zero-order chi connectivity index (χ0) is 22.3. The van der Waals surface area contributed by atoms with Crippen LogP contribution in [0, 0.1) is 31.4 Å². The predicted octanol–water partition coefficient (Wildman–Crippen LogP) is 4.29. The number of aryl methyl sites for hydroxylation is 2. The molecule has 3 aromatic rings. The summed E-state index contributed by atoms with van der Waals surface area (Å²) in [6, 6.07) is 3.64. The second kappa shape index (κ2) is 8.00. The van der Waals surface area contributed by atoms with Gasteiger partial charge in [-0.05, 0) is 58.1 Å². The van der Waals surface area contributed by atoms with Crippen molar-refractivity contribution in [2.75, 3.05) is 0 Å². The van der Waals surface area contributed by atoms with Gasteiger partial charge >= 0.3 is 0 Å². The molecule has 1 saturated carbocycles. The van der Waals surface area contributed by atoms with Crippen LogP contribution < -0.4 is 10.5 Å². The second-order valence-electron chi connectivity index (χ2n) is 8.62. The van der Waals surface area contributed by atoms with Crippen molar-refractivity contribution in [2.24, 2.45) is 11.7 Å². The number of carbonyl (C=O) groups excluding carboxylic acids is 1. The van der Waals surface area contributed by atoms with Crippen molar-refractivity contribution in [3.63, 3.8) is 0 Å². The minimum atomic E-state index is -0.695. The van der Waals surface area contributed by atoms with Crippen LogP contribution in [0.2, 0.25) is 0 Å². The lowest BCUT2D eigenvalue weighted by Crippen LogP contribution is -2.39. The van der Waals surface area contributed by atoms with Crippen LogP contribution in [0.3, 0.4) is 0 Å². The molecule has 6 nitrogen and oxygen atoms in total. The summed E-state index contributed by atoms with van der Waals surface area (Å²) < 4.78 is 35.2. The van der Waals surface area contributed by atoms with Gasteiger partial charge in [-0.25, -0.2) is 18.7 Å². The lowest BCUT2D eigenvalue weighted by atomic mass is 9.90. The summed E-state index contributed by atoms with van der Waals surface area (Å²) >= 11 is 0. The summed E-state index contributed by atoms with van der Waals surface area (Å²) in [5.74, 6) is -0.849. The first kappa shape index (κ1) is 21.4. The molecule has 4 rings (SSSR count). The zero-order valence-electron chi connectivity index (χ0n) is 17.9. The Labute approximate surface area is 179 Å². The molecular weight excluding hydrogens is 402 g/mol. The van der Waals surface area contributed by atoms with Gasteiger partial charge < -0.3 is 10.5 Å². The molecule has 2 N–H and O–H groups in total. The lowest BCUT2D eigenvalue weighted by Gasteiger charge is -2.23. The third kappa shape index (κ3) is 4.30. The fraction of sp³-hybridized carbons (Fsp3) is 0.435. The van der Waals surface area contributed by atoms with Gasteiger partial charge in [0.1, 0.15) is 23.9 Å². The standard InChI is InChI=1S/C23H26F2N4O2/c1-13-11-29-20(19(30)9-10-23(3,26)15-7-8-15)14(2)28-21(29)22(27-13)31-12-16-17(24)5-4-6-18(16)25/h4-6,11,15H,7-10,12,26H2,1-3H3. The first-order valence-electron chi connectivity index (χ1n) is 10.4. The molecule has 0 spiro atoms. The van der Waals surface area contributed by atoms with Gasteiger partial charge in [0.05, 0.1) is 17.0 Å². The van der Waals surface area contributed by atoms with Crippen molar-refractivity contribution >= 4 is 11.4 Å². The van der Waals surface area contributed by atoms with Gasteiger partial charge in [-0.15, -0.1) is 0 Å². The number of halogens is 2. The highest BCUT2D eigenvalue weighted by atomic mass is 19.1. The number of imidazole rings is 1. The van der Waals surface area contributed by atoms with Crippen molar-refractivity contribution in [2.45, 2.75) is 58.6 Å². The van der Waals surface area contributed by atoms with Gasteiger partial charge in [-0.2, -0.15) is 0 Å². The molecule has 1 fully saturated rings. The third-order valence-electron chi connectivity index (χ3n) is 5.95. The molecule has 0 amide bonds. The minimum absolute atomic E-state index is 0.0565. The van der Waals surface area contributed by atoms with E-state index in [0.717, 1.165) is 12.8 Å². The number of carbonyl (C=O) groups is 1. The molecule has 0 saturated heterocycles. The van der Waals surface area contributed by atoms with Crippen LogP contribution in [0.15, 0.2) is 24.4 Å². The number of aromatic nitrogens is 3. The van der Waals surface area contributed by atoms with Gasteiger partial charge in [-0.1, -0.05) is 6.07 Å². The molecule has 0 aliphatic heterocycles. The maximum absolute atomic E-state index is 13.9. The fourth-order valence-electron chi connectivity index (χ4n) is 3.94. The van der Waals surface area contributed by atoms with E-state index in [2.05, 4.69) is 9.97 Å². The van der Waals surface area contributed by atoms with Crippen LogP contribution >= 0.6 is 0 Å². The van der Waals surface area contributed by atoms with Crippen molar-refractivity contribution in [3.8, 4) is 5.88 Å². The van der Waals surface area contributed by atoms with E-state index in [9.17, 15) is 13.6 Å². The molecule has 1 aliphatic rings. The first-order valence-corrected chi connectivity index (χ1v) is 10.4. The summed E-state index contributed by atoms with van der Waals surface area (Å²) in [5.41, 5.74) is 7.76. The monoisotopic (exact) mass is 428 g/mol. The Balaban J connectivity index is 1.61. The summed E-state index contributed by atoms with van der Waals surface area (Å²) in [4.78, 5) is 21.8. The van der Waals surface area contributed by atoms with E-state index >= 15 is 0 Å². The minimum Gasteiger partial charge on any atom is -0.470 e. The predicted molar refractivity (Wildman–Crippen MR) is 112 cm³/mol. The molecule has 2 aromatic heterocycles. The van der Waals surface area contributed by atoms with E-state index < -0.39 is 11.6 Å². The number of ketones is 1. The van der Waals surface area contributed by atoms with E-state index in [1.807, 2.05) is 6.92 Å². The highest BCUT2D eigenvalue weighted by Gasteiger charge is 2.38. The number of nitrogens with zero attached hydrogens (tertiary/aromatic N) is 3. The Morgan fingerprint density at radius 1 is 1.26 bits per heavy atom. The van der Waals surface area contributed by atoms with E-state index in [4.69, 9.17) is 10.5 Å². The Bertz CT molecular complexity index is 1130. The molecule has 8 heteroatoms. The Morgan fingerprint density at radius 2 is 1.94 bits per heavy atom. The average Bonchev–Trinajstić information content (AvgIpc) is 3.50. The number of benzene rings is 1. The number of ether oxygens (including phenoxy) is 1. The summed E-state index contributed by atoms with van der Waals surface area (Å²) in [6.45, 7) is 5.16. The maximum atomic E-state index is 13.9. The molecule has 0 bridgehead atoms. The van der Waals surface area contributed by atoms with Crippen LogP contribution in [0.1, 0.15) is 60.0 Å². The lowest BCUT2D eigenvalue weighted by molar-refractivity contribution is 0.0963. The normalized spacial score (nSPS) is 15.8. The van der Waals surface area contributed by atoms with Gasteiger partial charge in [0, 0.05) is 18.2 Å². The van der Waals surface area contributed by atoms with Gasteiger partial charge in [-0.3, -0.25) is 9.20 Å². The first-order chi connectivity index (χ1) is 14.7. The van der Waals surface area contributed by atoms with Crippen LogP contribution in [0.5, 0.6) is 5.88 Å². The number of hydrogen-bond acceptors (Lipinski definition) is 5. The molecule has 164 valence electrons. The van der Waals surface area contributed by atoms with Crippen LogP contribution in [-0.4, -0.2) is 25.7 Å². The van der Waals surface area contributed by atoms with Crippen molar-refractivity contribution in [1.29, 1.82) is 0 Å². The number of hydrogen-bond donors (Lipinski definition) is 1. The highest BCUT2D eigenvalue weighted by molar-refractivity contribution is 5.96. The van der Waals surface area contributed by atoms with E-state index in [1.165, 1.54) is 18.2 Å². The molecule has 1 atom stereocenters. The quantitative estimate of drug-likeness (QED) is 0.541. The molecule has 1 unspecified atom stereocenters. The summed E-state index contributed by atoms with van der Waals surface area (Å²) in [5, 5.41) is 0. The second-order valence-corrected chi connectivity index (χ2v) is 8.62. The summed E-state index contributed by atoms with van der Waals surface area (Å²) in [6.07, 6.45) is 4.86. The number of fused-ring (bicyclic) bond motifs is 1. The molecule has 31 heavy (non-hydrogen) atoms. The fourth-order valence-corrected chi connectivity index (χ4v) is 3.94. The smallest absolute Gasteiger partial charge is 0.258 e. The van der Waals surface area contributed by atoms with Crippen molar-refractivity contribution in [3.05, 3.63) is 58.7 Å². The molecule has 1 aromatic carbocycles. The molecule has 1 aliphatic carbocycles. The van der Waals surface area contributed by atoms with Gasteiger partial charge in [0.15, 0.2) is 5.78 Å². The maximum Gasteiger partial charge on any atom is 0.258 e. The van der Waals surface area contributed by atoms with Crippen LogP contribution in [-0.2, 0) is 6.61 Å². The van der Waals surface area contributed by atoms with Crippen molar-refractivity contribution in [1.82, 2.24) is 14.4 Å². The molecule has 2 heterocycles. The molecule has 0 radical (unpaired) electrons. The van der Waals surface area contributed by atoms with Crippen molar-refractivity contribution < 1.29 is 18.3 Å². The number of Topliss-reactive ketones (excluding diaryl/α,β-unsaturated/α-hetero) is 1. The van der Waals surface area contributed by atoms with E-state index in [1.54, 1.807) is 24.4 Å². The van der Waals surface area contributed by atoms with Crippen LogP contribution in [0.25, 0.3) is 5.65 Å². The zero-order valence-corrected chi connectivity index (χ0v) is 17.9. The number of rotatable bonds is 8. The average molecular weight is 428 g/mol. The SMILES string of the molecule is Cc1cn2c(C(=O)CCC(C)(N)C3CC3)c(C)nc2c(OCc2c(F)cccc2F)n1. The molecular formula is C23H26F2N4O2. The topological polar surface area (TPSA) is 82.5 Å². The van der Waals surface area contributed by atoms with Gasteiger partial charge in [0.25, 0.3) is 5.88 Å². The largest absolute Gasteiger partial charge is 0.470 e. The summed E-state index contributed by atoms with van der Waals surface area (Å²) in [7, 11) is 0.